The molecule has 0 atom stereocenters. The normalized spacial score (nSPS) is 11.9. The van der Waals surface area contributed by atoms with Crippen molar-refractivity contribution in [2.45, 2.75) is 0 Å². The molecule has 0 radical (unpaired) electrons. The lowest BCUT2D eigenvalue weighted by atomic mass is 9.84. The second-order valence-corrected chi connectivity index (χ2v) is 13.0. The number of hydrogen-bond acceptors (Lipinski definition) is 2. The summed E-state index contributed by atoms with van der Waals surface area (Å²) in [7, 11) is 0. The zero-order valence-electron chi connectivity index (χ0n) is 24.8. The number of thiophene rings is 1. The van der Waals surface area contributed by atoms with E-state index in [0.29, 0.717) is 0 Å². The fourth-order valence-electron chi connectivity index (χ4n) is 7.54. The van der Waals surface area contributed by atoms with Crippen LogP contribution in [0, 0.1) is 0 Å². The van der Waals surface area contributed by atoms with Crippen molar-refractivity contribution in [3.8, 4) is 33.6 Å². The summed E-state index contributed by atoms with van der Waals surface area (Å²) in [5.41, 5.74) is 6.90. The van der Waals surface area contributed by atoms with Crippen molar-refractivity contribution in [3.63, 3.8) is 0 Å². The molecule has 0 saturated carbocycles. The fraction of sp³-hybridized carbons (Fsp3) is 0. The van der Waals surface area contributed by atoms with E-state index in [4.69, 9.17) is 4.42 Å². The van der Waals surface area contributed by atoms with Crippen LogP contribution in [0.15, 0.2) is 162 Å². The smallest absolute Gasteiger partial charge is 0.144 e. The Bertz CT molecular complexity index is 2740. The molecule has 0 aliphatic heterocycles. The van der Waals surface area contributed by atoms with Gasteiger partial charge in [0.15, 0.2) is 0 Å². The van der Waals surface area contributed by atoms with Crippen LogP contribution < -0.4 is 0 Å². The maximum Gasteiger partial charge on any atom is 0.144 e. The second-order valence-electron chi connectivity index (χ2n) is 12.0. The Morgan fingerprint density at radius 1 is 0.391 bits per heavy atom. The molecule has 10 aromatic rings. The number of fused-ring (bicyclic) bond motifs is 8. The first-order valence-electron chi connectivity index (χ1n) is 15.7. The molecular weight excluding hydrogens is 577 g/mol. The van der Waals surface area contributed by atoms with Gasteiger partial charge in [0.25, 0.3) is 0 Å². The van der Waals surface area contributed by atoms with E-state index in [1.54, 1.807) is 0 Å². The Balaban J connectivity index is 1.44. The van der Waals surface area contributed by atoms with Crippen molar-refractivity contribution < 1.29 is 4.42 Å². The molecule has 8 aromatic carbocycles. The molecule has 1 nitrogen and oxygen atoms in total. The molecule has 0 amide bonds. The molecule has 46 heavy (non-hydrogen) atoms. The number of rotatable bonds is 3. The summed E-state index contributed by atoms with van der Waals surface area (Å²) in [6.45, 7) is 0. The zero-order valence-corrected chi connectivity index (χ0v) is 25.6. The largest absolute Gasteiger partial charge is 0.455 e. The third kappa shape index (κ3) is 3.62. The summed E-state index contributed by atoms with van der Waals surface area (Å²) in [5.74, 6) is 0.922. The Morgan fingerprint density at radius 2 is 0.978 bits per heavy atom. The van der Waals surface area contributed by atoms with E-state index in [0.717, 1.165) is 27.9 Å². The number of benzene rings is 8. The summed E-state index contributed by atoms with van der Waals surface area (Å²) < 4.78 is 9.61. The van der Waals surface area contributed by atoms with Crippen LogP contribution in [-0.2, 0) is 0 Å². The van der Waals surface area contributed by atoms with Gasteiger partial charge >= 0.3 is 0 Å². The lowest BCUT2D eigenvalue weighted by Gasteiger charge is -2.18. The minimum absolute atomic E-state index is 0.905. The molecular formula is C44H26OS. The number of hydrogen-bond donors (Lipinski definition) is 0. The summed E-state index contributed by atoms with van der Waals surface area (Å²) in [6, 6.07) is 57.0. The van der Waals surface area contributed by atoms with Gasteiger partial charge in [0.2, 0.25) is 0 Å². The van der Waals surface area contributed by atoms with Gasteiger partial charge < -0.3 is 4.42 Å². The van der Waals surface area contributed by atoms with Crippen LogP contribution in [0.4, 0.5) is 0 Å². The van der Waals surface area contributed by atoms with Gasteiger partial charge in [-0.25, -0.2) is 0 Å². The van der Waals surface area contributed by atoms with Crippen molar-refractivity contribution in [2.24, 2.45) is 0 Å². The van der Waals surface area contributed by atoms with E-state index >= 15 is 0 Å². The van der Waals surface area contributed by atoms with Crippen LogP contribution in [-0.4, -0.2) is 0 Å². The van der Waals surface area contributed by atoms with E-state index < -0.39 is 0 Å². The van der Waals surface area contributed by atoms with Gasteiger partial charge in [0.1, 0.15) is 11.3 Å². The predicted octanol–water partition coefficient (Wildman–Crippen LogP) is 13.3. The van der Waals surface area contributed by atoms with Crippen molar-refractivity contribution in [1.82, 2.24) is 0 Å². The fourth-order valence-corrected chi connectivity index (χ4v) is 8.75. The molecule has 0 aliphatic rings. The second kappa shape index (κ2) is 9.90. The molecule has 0 bridgehead atoms. The van der Waals surface area contributed by atoms with E-state index in [-0.39, 0.29) is 0 Å². The van der Waals surface area contributed by atoms with Crippen LogP contribution >= 0.6 is 11.3 Å². The van der Waals surface area contributed by atoms with Crippen LogP contribution in [0.2, 0.25) is 0 Å². The number of furan rings is 1. The third-order valence-corrected chi connectivity index (χ3v) is 10.7. The van der Waals surface area contributed by atoms with Gasteiger partial charge in [0.05, 0.1) is 0 Å². The van der Waals surface area contributed by atoms with E-state index in [1.165, 1.54) is 69.2 Å². The summed E-state index contributed by atoms with van der Waals surface area (Å²) in [5, 5.41) is 11.0. The highest BCUT2D eigenvalue weighted by Gasteiger charge is 2.26. The molecule has 2 heteroatoms. The molecule has 10 rings (SSSR count). The minimum Gasteiger partial charge on any atom is -0.455 e. The average molecular weight is 603 g/mol. The average Bonchev–Trinajstić information content (AvgIpc) is 3.70. The van der Waals surface area contributed by atoms with E-state index in [1.807, 2.05) is 11.3 Å². The Kier molecular flexibility index (Phi) is 5.51. The van der Waals surface area contributed by atoms with Gasteiger partial charge in [-0.05, 0) is 61.6 Å². The van der Waals surface area contributed by atoms with Gasteiger partial charge in [0, 0.05) is 42.2 Å². The lowest BCUT2D eigenvalue weighted by Crippen LogP contribution is -1.92. The van der Waals surface area contributed by atoms with Crippen LogP contribution in [0.3, 0.4) is 0 Å². The molecule has 2 heterocycles. The maximum atomic E-state index is 7.07. The third-order valence-electron chi connectivity index (χ3n) is 9.47. The predicted molar refractivity (Wildman–Crippen MR) is 198 cm³/mol. The van der Waals surface area contributed by atoms with Crippen molar-refractivity contribution in [1.29, 1.82) is 0 Å². The van der Waals surface area contributed by atoms with E-state index in [9.17, 15) is 0 Å². The molecule has 0 unspecified atom stereocenters. The molecule has 0 spiro atoms. The summed E-state index contributed by atoms with van der Waals surface area (Å²) in [4.78, 5) is 0. The Hall–Kier alpha value is -5.70. The first-order chi connectivity index (χ1) is 22.8. The Labute approximate surface area is 269 Å². The monoisotopic (exact) mass is 602 g/mol. The molecule has 0 fully saturated rings. The van der Waals surface area contributed by atoms with Crippen molar-refractivity contribution >= 4 is 74.8 Å². The quantitative estimate of drug-likeness (QED) is 0.183. The maximum absolute atomic E-state index is 7.07. The molecule has 214 valence electrons. The Morgan fingerprint density at radius 3 is 1.72 bits per heavy atom. The van der Waals surface area contributed by atoms with E-state index in [2.05, 4.69) is 158 Å². The van der Waals surface area contributed by atoms with Crippen LogP contribution in [0.1, 0.15) is 0 Å². The van der Waals surface area contributed by atoms with Crippen LogP contribution in [0.5, 0.6) is 0 Å². The first kappa shape index (κ1) is 25.6. The van der Waals surface area contributed by atoms with Crippen molar-refractivity contribution in [3.05, 3.63) is 158 Å². The molecule has 2 aromatic heterocycles. The van der Waals surface area contributed by atoms with Gasteiger partial charge in [-0.3, -0.25) is 0 Å². The summed E-state index contributed by atoms with van der Waals surface area (Å²) >= 11 is 1.85. The van der Waals surface area contributed by atoms with Crippen LogP contribution in [0.25, 0.3) is 97.0 Å². The van der Waals surface area contributed by atoms with Gasteiger partial charge in [-0.2, -0.15) is 0 Å². The lowest BCUT2D eigenvalue weighted by molar-refractivity contribution is 0.633. The SMILES string of the molecule is c1ccc(-c2c3ccccc3c(-c3c(-c4cccc5c4sc4ccccc45)oc4ccc5ccccc5c34)c3ccccc23)cc1. The topological polar surface area (TPSA) is 13.1 Å². The summed E-state index contributed by atoms with van der Waals surface area (Å²) in [6.07, 6.45) is 0. The molecule has 0 saturated heterocycles. The van der Waals surface area contributed by atoms with Crippen molar-refractivity contribution in [2.75, 3.05) is 0 Å². The minimum atomic E-state index is 0.905. The molecule has 0 aliphatic carbocycles. The standard InChI is InChI=1S/C44H26OS/c1-2-14-28(15-3-1)39-31-18-6-8-20-33(31)40(34-21-9-7-19-32(34)39)42-41-29-16-5-4-13-27(29)25-26-37(41)45-43(42)36-23-12-22-35-30-17-10-11-24-38(30)46-44(35)36/h1-26H. The first-order valence-corrected chi connectivity index (χ1v) is 16.5. The highest BCUT2D eigenvalue weighted by Crippen LogP contribution is 2.52. The highest BCUT2D eigenvalue weighted by molar-refractivity contribution is 7.26. The van der Waals surface area contributed by atoms with Gasteiger partial charge in [-0.15, -0.1) is 11.3 Å². The molecule has 0 N–H and O–H groups in total. The van der Waals surface area contributed by atoms with Gasteiger partial charge in [-0.1, -0.05) is 140 Å². The highest BCUT2D eigenvalue weighted by atomic mass is 32.1. The zero-order chi connectivity index (χ0) is 30.2.